The average molecular weight is 514 g/mol. The summed E-state index contributed by atoms with van der Waals surface area (Å²) in [5, 5.41) is 12.4. The van der Waals surface area contributed by atoms with Crippen LogP contribution in [0.5, 0.6) is 5.75 Å². The number of rotatable bonds is 5. The Morgan fingerprint density at radius 3 is 2.57 bits per heavy atom. The van der Waals surface area contributed by atoms with Gasteiger partial charge < -0.3 is 14.7 Å². The highest BCUT2D eigenvalue weighted by Crippen LogP contribution is 2.32. The average Bonchev–Trinajstić information content (AvgIpc) is 3.19. The molecule has 37 heavy (non-hydrogen) atoms. The van der Waals surface area contributed by atoms with E-state index >= 15 is 0 Å². The Bertz CT molecular complexity index is 1730. The largest absolute Gasteiger partial charge is 0.507 e. The Hall–Kier alpha value is -4.17. The van der Waals surface area contributed by atoms with Gasteiger partial charge in [-0.3, -0.25) is 9.36 Å². The van der Waals surface area contributed by atoms with Crippen molar-refractivity contribution in [2.24, 2.45) is 4.99 Å². The highest BCUT2D eigenvalue weighted by atomic mass is 32.1. The van der Waals surface area contributed by atoms with Crippen LogP contribution in [0.3, 0.4) is 0 Å². The molecule has 0 fully saturated rings. The van der Waals surface area contributed by atoms with Gasteiger partial charge in [-0.15, -0.1) is 0 Å². The molecule has 0 saturated carbocycles. The van der Waals surface area contributed by atoms with Crippen molar-refractivity contribution in [1.82, 2.24) is 4.57 Å². The normalized spacial score (nSPS) is 15.5. The lowest BCUT2D eigenvalue weighted by molar-refractivity contribution is -0.139. The lowest BCUT2D eigenvalue weighted by atomic mass is 9.95. The lowest BCUT2D eigenvalue weighted by Crippen LogP contribution is -2.39. The van der Waals surface area contributed by atoms with Gasteiger partial charge in [0, 0.05) is 25.3 Å². The Morgan fingerprint density at radius 1 is 1.14 bits per heavy atom. The van der Waals surface area contributed by atoms with Gasteiger partial charge in [0.2, 0.25) is 0 Å². The summed E-state index contributed by atoms with van der Waals surface area (Å²) in [6, 6.07) is 18.2. The Labute approximate surface area is 217 Å². The van der Waals surface area contributed by atoms with Gasteiger partial charge in [0.25, 0.3) is 5.56 Å². The minimum atomic E-state index is -0.685. The van der Waals surface area contributed by atoms with Crippen LogP contribution in [-0.4, -0.2) is 36.3 Å². The molecule has 0 bridgehead atoms. The zero-order valence-electron chi connectivity index (χ0n) is 21.1. The van der Waals surface area contributed by atoms with Gasteiger partial charge in [-0.25, -0.2) is 9.79 Å². The summed E-state index contributed by atoms with van der Waals surface area (Å²) >= 11 is 1.23. The van der Waals surface area contributed by atoms with Crippen molar-refractivity contribution in [3.05, 3.63) is 103 Å². The van der Waals surface area contributed by atoms with Gasteiger partial charge in [-0.2, -0.15) is 0 Å². The second-order valence-electron chi connectivity index (χ2n) is 9.01. The monoisotopic (exact) mass is 513 g/mol. The Kier molecular flexibility index (Phi) is 6.43. The van der Waals surface area contributed by atoms with Crippen LogP contribution in [0, 0.1) is 0 Å². The first kappa shape index (κ1) is 24.5. The summed E-state index contributed by atoms with van der Waals surface area (Å²) in [4.78, 5) is 34.1. The van der Waals surface area contributed by atoms with Gasteiger partial charge in [-0.1, -0.05) is 53.8 Å². The number of phenols is 1. The number of benzene rings is 3. The van der Waals surface area contributed by atoms with Gasteiger partial charge in [-0.05, 0) is 54.5 Å². The van der Waals surface area contributed by atoms with E-state index in [1.807, 2.05) is 73.6 Å². The molecule has 0 unspecified atom stereocenters. The number of aromatic nitrogens is 1. The van der Waals surface area contributed by atoms with E-state index in [1.165, 1.54) is 11.3 Å². The van der Waals surface area contributed by atoms with Gasteiger partial charge in [0.1, 0.15) is 5.75 Å². The van der Waals surface area contributed by atoms with Crippen molar-refractivity contribution in [3.63, 3.8) is 0 Å². The summed E-state index contributed by atoms with van der Waals surface area (Å²) in [7, 11) is 3.91. The van der Waals surface area contributed by atoms with Crippen LogP contribution >= 0.6 is 11.3 Å². The third kappa shape index (κ3) is 4.34. The molecule has 8 heteroatoms. The van der Waals surface area contributed by atoms with Crippen molar-refractivity contribution >= 4 is 39.8 Å². The Morgan fingerprint density at radius 2 is 1.86 bits per heavy atom. The molecule has 3 aromatic carbocycles. The highest BCUT2D eigenvalue weighted by molar-refractivity contribution is 7.07. The quantitative estimate of drug-likeness (QED) is 0.411. The van der Waals surface area contributed by atoms with Crippen molar-refractivity contribution in [1.29, 1.82) is 0 Å². The first-order valence-corrected chi connectivity index (χ1v) is 12.8. The van der Waals surface area contributed by atoms with Crippen LogP contribution in [0.1, 0.15) is 31.0 Å². The molecule has 0 aliphatic carbocycles. The molecule has 5 rings (SSSR count). The minimum absolute atomic E-state index is 0.0868. The van der Waals surface area contributed by atoms with E-state index in [1.54, 1.807) is 30.6 Å². The molecule has 1 aliphatic heterocycles. The maximum absolute atomic E-state index is 13.9. The van der Waals surface area contributed by atoms with Crippen molar-refractivity contribution in [3.8, 4) is 5.75 Å². The molecular weight excluding hydrogens is 486 g/mol. The second kappa shape index (κ2) is 9.71. The maximum atomic E-state index is 13.9. The smallest absolute Gasteiger partial charge is 0.338 e. The predicted molar refractivity (Wildman–Crippen MR) is 147 cm³/mol. The molecule has 1 aromatic heterocycles. The van der Waals surface area contributed by atoms with E-state index in [0.29, 0.717) is 26.2 Å². The number of phenolic OH excluding ortho intramolecular Hbond substituents is 1. The predicted octanol–water partition coefficient (Wildman–Crippen LogP) is 3.72. The van der Waals surface area contributed by atoms with Crippen molar-refractivity contribution in [2.75, 3.05) is 25.6 Å². The summed E-state index contributed by atoms with van der Waals surface area (Å²) in [6.45, 7) is 3.73. The third-order valence-corrected chi connectivity index (χ3v) is 7.45. The van der Waals surface area contributed by atoms with E-state index in [2.05, 4.69) is 4.99 Å². The second-order valence-corrected chi connectivity index (χ2v) is 10.0. The molecule has 4 aromatic rings. The molecule has 0 radical (unpaired) electrons. The van der Waals surface area contributed by atoms with Gasteiger partial charge in [0.15, 0.2) is 4.80 Å². The summed E-state index contributed by atoms with van der Waals surface area (Å²) in [5.41, 5.74) is 2.92. The number of allylic oxidation sites excluding steroid dienone is 1. The standard InChI is InChI=1S/C29H27N3O4S/c1-5-36-28(35)25-17(2)30-29-32(26(25)19-10-13-20(14-11-19)31(3)4)27(34)24(37-29)16-22-21-9-7-6-8-18(21)12-15-23(22)33/h6-16,26,33H,5H2,1-4H3/b24-16-/t26-/m0/s1. The first-order valence-electron chi connectivity index (χ1n) is 12.0. The number of hydrogen-bond acceptors (Lipinski definition) is 7. The van der Waals surface area contributed by atoms with Crippen LogP contribution in [-0.2, 0) is 9.53 Å². The van der Waals surface area contributed by atoms with Crippen LogP contribution in [0.2, 0.25) is 0 Å². The molecule has 2 heterocycles. The zero-order valence-corrected chi connectivity index (χ0v) is 21.9. The van der Waals surface area contributed by atoms with Crippen LogP contribution < -0.4 is 19.8 Å². The number of carbonyl (C=O) groups is 1. The van der Waals surface area contributed by atoms with E-state index in [4.69, 9.17) is 4.74 Å². The number of hydrogen-bond donors (Lipinski definition) is 1. The molecule has 1 atom stereocenters. The highest BCUT2D eigenvalue weighted by Gasteiger charge is 2.33. The molecule has 188 valence electrons. The summed E-state index contributed by atoms with van der Waals surface area (Å²) < 4.78 is 7.34. The number of carbonyl (C=O) groups excluding carboxylic acids is 1. The van der Waals surface area contributed by atoms with Gasteiger partial charge in [0.05, 0.1) is 28.5 Å². The van der Waals surface area contributed by atoms with E-state index in [0.717, 1.165) is 22.0 Å². The van der Waals surface area contributed by atoms with E-state index in [-0.39, 0.29) is 17.9 Å². The number of ether oxygens (including phenoxy) is 1. The Balaban J connectivity index is 1.75. The molecule has 0 spiro atoms. The summed E-state index contributed by atoms with van der Waals surface area (Å²) in [6.07, 6.45) is 1.71. The lowest BCUT2D eigenvalue weighted by Gasteiger charge is -2.25. The fraction of sp³-hybridized carbons (Fsp3) is 0.207. The van der Waals surface area contributed by atoms with Crippen molar-refractivity contribution < 1.29 is 14.6 Å². The fourth-order valence-electron chi connectivity index (χ4n) is 4.63. The van der Waals surface area contributed by atoms with E-state index in [9.17, 15) is 14.7 Å². The third-order valence-electron chi connectivity index (χ3n) is 6.47. The maximum Gasteiger partial charge on any atom is 0.338 e. The van der Waals surface area contributed by atoms with Crippen molar-refractivity contribution in [2.45, 2.75) is 19.9 Å². The van der Waals surface area contributed by atoms with Crippen LogP contribution in [0.15, 0.2) is 81.7 Å². The SMILES string of the molecule is CCOC(=O)C1=C(C)N=c2s/c(=C\c3c(O)ccc4ccccc34)c(=O)n2[C@H]1c1ccc(N(C)C)cc1. The number of esters is 1. The topological polar surface area (TPSA) is 84.1 Å². The molecular formula is C29H27N3O4S. The molecule has 1 aliphatic rings. The zero-order chi connectivity index (χ0) is 26.3. The number of anilines is 1. The molecule has 7 nitrogen and oxygen atoms in total. The number of thiazole rings is 1. The van der Waals surface area contributed by atoms with Crippen LogP contribution in [0.4, 0.5) is 5.69 Å². The minimum Gasteiger partial charge on any atom is -0.507 e. The number of nitrogens with zero attached hydrogens (tertiary/aromatic N) is 3. The van der Waals surface area contributed by atoms with Crippen LogP contribution in [0.25, 0.3) is 16.8 Å². The summed E-state index contributed by atoms with van der Waals surface area (Å²) in [5.74, 6) is -0.407. The molecule has 0 amide bonds. The molecule has 0 saturated heterocycles. The molecule has 1 N–H and O–H groups in total. The first-order chi connectivity index (χ1) is 17.8. The van der Waals surface area contributed by atoms with E-state index < -0.39 is 12.0 Å². The number of aromatic hydroxyl groups is 1. The van der Waals surface area contributed by atoms with Gasteiger partial charge >= 0.3 is 5.97 Å². The fourth-order valence-corrected chi connectivity index (χ4v) is 5.66. The number of fused-ring (bicyclic) bond motifs is 2.